The fourth-order valence-electron chi connectivity index (χ4n) is 1.02. The SMILES string of the molecule is COc1cc(C#N)c(CN)cc1I. The van der Waals surface area contributed by atoms with Gasteiger partial charge in [-0.25, -0.2) is 0 Å². The lowest BCUT2D eigenvalue weighted by atomic mass is 10.1. The Bertz CT molecular complexity index is 357. The van der Waals surface area contributed by atoms with Crippen LogP contribution in [0.1, 0.15) is 11.1 Å². The van der Waals surface area contributed by atoms with Gasteiger partial charge in [0.05, 0.1) is 22.3 Å². The van der Waals surface area contributed by atoms with Crippen molar-refractivity contribution < 1.29 is 4.74 Å². The molecule has 0 heterocycles. The molecule has 0 saturated carbocycles. The molecule has 0 fully saturated rings. The highest BCUT2D eigenvalue weighted by Crippen LogP contribution is 2.24. The Morgan fingerprint density at radius 1 is 1.62 bits per heavy atom. The number of ether oxygens (including phenoxy) is 1. The summed E-state index contributed by atoms with van der Waals surface area (Å²) in [5.41, 5.74) is 6.93. The number of benzene rings is 1. The molecule has 0 bridgehead atoms. The van der Waals surface area contributed by atoms with Gasteiger partial charge in [0.1, 0.15) is 5.75 Å². The van der Waals surface area contributed by atoms with Gasteiger partial charge in [0.15, 0.2) is 0 Å². The van der Waals surface area contributed by atoms with Gasteiger partial charge in [-0.2, -0.15) is 5.26 Å². The van der Waals surface area contributed by atoms with Crippen LogP contribution in [0, 0.1) is 14.9 Å². The molecule has 3 nitrogen and oxygen atoms in total. The molecule has 0 radical (unpaired) electrons. The fourth-order valence-corrected chi connectivity index (χ4v) is 1.78. The van der Waals surface area contributed by atoms with Crippen molar-refractivity contribution in [1.82, 2.24) is 0 Å². The van der Waals surface area contributed by atoms with Crippen molar-refractivity contribution in [2.75, 3.05) is 7.11 Å². The Hall–Kier alpha value is -0.800. The molecular weight excluding hydrogens is 279 g/mol. The summed E-state index contributed by atoms with van der Waals surface area (Å²) >= 11 is 2.15. The van der Waals surface area contributed by atoms with E-state index < -0.39 is 0 Å². The quantitative estimate of drug-likeness (QED) is 0.841. The average molecular weight is 288 g/mol. The first-order chi connectivity index (χ1) is 6.22. The number of hydrogen-bond donors (Lipinski definition) is 1. The molecule has 1 rings (SSSR count). The number of nitriles is 1. The molecule has 0 aromatic heterocycles. The van der Waals surface area contributed by atoms with Gasteiger partial charge in [-0.05, 0) is 40.3 Å². The average Bonchev–Trinajstić information content (AvgIpc) is 2.17. The molecule has 0 spiro atoms. The van der Waals surface area contributed by atoms with Crippen LogP contribution in [0.3, 0.4) is 0 Å². The molecule has 0 amide bonds. The van der Waals surface area contributed by atoms with Crippen molar-refractivity contribution >= 4 is 22.6 Å². The van der Waals surface area contributed by atoms with Crippen molar-refractivity contribution in [1.29, 1.82) is 5.26 Å². The molecule has 0 unspecified atom stereocenters. The van der Waals surface area contributed by atoms with Crippen LogP contribution in [0.5, 0.6) is 5.75 Å². The number of hydrogen-bond acceptors (Lipinski definition) is 3. The van der Waals surface area contributed by atoms with E-state index in [4.69, 9.17) is 15.7 Å². The number of rotatable bonds is 2. The van der Waals surface area contributed by atoms with Crippen LogP contribution >= 0.6 is 22.6 Å². The summed E-state index contributed by atoms with van der Waals surface area (Å²) in [7, 11) is 1.58. The highest BCUT2D eigenvalue weighted by molar-refractivity contribution is 14.1. The molecule has 1 aromatic rings. The number of nitrogens with zero attached hydrogens (tertiary/aromatic N) is 1. The molecule has 4 heteroatoms. The van der Waals surface area contributed by atoms with Gasteiger partial charge in [0.25, 0.3) is 0 Å². The van der Waals surface area contributed by atoms with Crippen molar-refractivity contribution in [3.8, 4) is 11.8 Å². The maximum Gasteiger partial charge on any atom is 0.133 e. The lowest BCUT2D eigenvalue weighted by molar-refractivity contribution is 0.411. The van der Waals surface area contributed by atoms with Crippen molar-refractivity contribution in [3.63, 3.8) is 0 Å². The van der Waals surface area contributed by atoms with E-state index in [1.54, 1.807) is 13.2 Å². The van der Waals surface area contributed by atoms with Gasteiger partial charge in [-0.15, -0.1) is 0 Å². The highest BCUT2D eigenvalue weighted by Gasteiger charge is 2.06. The van der Waals surface area contributed by atoms with Gasteiger partial charge >= 0.3 is 0 Å². The lowest BCUT2D eigenvalue weighted by Gasteiger charge is -2.06. The minimum atomic E-state index is 0.378. The molecule has 0 atom stereocenters. The van der Waals surface area contributed by atoms with E-state index in [1.165, 1.54) is 0 Å². The fraction of sp³-hybridized carbons (Fsp3) is 0.222. The van der Waals surface area contributed by atoms with Gasteiger partial charge in [-0.3, -0.25) is 0 Å². The zero-order chi connectivity index (χ0) is 9.84. The summed E-state index contributed by atoms with van der Waals surface area (Å²) in [5, 5.41) is 8.80. The Labute approximate surface area is 90.6 Å². The predicted octanol–water partition coefficient (Wildman–Crippen LogP) is 1.63. The van der Waals surface area contributed by atoms with E-state index in [2.05, 4.69) is 28.7 Å². The predicted molar refractivity (Wildman–Crippen MR) is 58.3 cm³/mol. The Morgan fingerprint density at radius 3 is 2.77 bits per heavy atom. The van der Waals surface area contributed by atoms with Crippen LogP contribution in [0.15, 0.2) is 12.1 Å². The topological polar surface area (TPSA) is 59.0 Å². The van der Waals surface area contributed by atoms with E-state index in [0.717, 1.165) is 9.13 Å². The Kier molecular flexibility index (Phi) is 3.51. The smallest absolute Gasteiger partial charge is 0.133 e. The molecule has 0 aliphatic carbocycles. The second kappa shape index (κ2) is 4.44. The lowest BCUT2D eigenvalue weighted by Crippen LogP contribution is -2.01. The number of halogens is 1. The summed E-state index contributed by atoms with van der Waals surface area (Å²) in [4.78, 5) is 0. The first-order valence-electron chi connectivity index (χ1n) is 3.69. The Morgan fingerprint density at radius 2 is 2.31 bits per heavy atom. The zero-order valence-corrected chi connectivity index (χ0v) is 9.33. The maximum absolute atomic E-state index is 8.80. The van der Waals surface area contributed by atoms with Crippen LogP contribution in [0.2, 0.25) is 0 Å². The molecular formula is C9H9IN2O. The summed E-state index contributed by atoms with van der Waals surface area (Å²) in [6, 6.07) is 5.67. The van der Waals surface area contributed by atoms with E-state index >= 15 is 0 Å². The summed E-state index contributed by atoms with van der Waals surface area (Å²) in [6.45, 7) is 0.378. The van der Waals surface area contributed by atoms with E-state index in [-0.39, 0.29) is 0 Å². The minimum Gasteiger partial charge on any atom is -0.496 e. The molecule has 0 saturated heterocycles. The summed E-state index contributed by atoms with van der Waals surface area (Å²) in [5.74, 6) is 0.717. The van der Waals surface area contributed by atoms with Gasteiger partial charge < -0.3 is 10.5 Å². The van der Waals surface area contributed by atoms with Crippen LogP contribution in [0.25, 0.3) is 0 Å². The molecule has 68 valence electrons. The largest absolute Gasteiger partial charge is 0.496 e. The first-order valence-corrected chi connectivity index (χ1v) is 4.77. The number of methoxy groups -OCH3 is 1. The molecule has 1 aromatic carbocycles. The third-order valence-electron chi connectivity index (χ3n) is 1.72. The molecule has 0 aliphatic heterocycles. The van der Waals surface area contributed by atoms with Gasteiger partial charge in [0.2, 0.25) is 0 Å². The van der Waals surface area contributed by atoms with Crippen molar-refractivity contribution in [2.45, 2.75) is 6.54 Å². The Balaban J connectivity index is 3.28. The van der Waals surface area contributed by atoms with Crippen LogP contribution < -0.4 is 10.5 Å². The zero-order valence-electron chi connectivity index (χ0n) is 7.17. The van der Waals surface area contributed by atoms with Crippen molar-refractivity contribution in [3.05, 3.63) is 26.8 Å². The van der Waals surface area contributed by atoms with E-state index in [0.29, 0.717) is 17.9 Å². The second-order valence-electron chi connectivity index (χ2n) is 2.46. The van der Waals surface area contributed by atoms with Crippen molar-refractivity contribution in [2.24, 2.45) is 5.73 Å². The van der Waals surface area contributed by atoms with E-state index in [1.807, 2.05) is 6.07 Å². The second-order valence-corrected chi connectivity index (χ2v) is 3.62. The molecule has 2 N–H and O–H groups in total. The third-order valence-corrected chi connectivity index (χ3v) is 2.56. The van der Waals surface area contributed by atoms with Crippen LogP contribution in [-0.4, -0.2) is 7.11 Å². The third kappa shape index (κ3) is 2.11. The summed E-state index contributed by atoms with van der Waals surface area (Å²) < 4.78 is 6.06. The monoisotopic (exact) mass is 288 g/mol. The first kappa shape index (κ1) is 10.3. The standard InChI is InChI=1S/C9H9IN2O/c1-13-9-3-7(5-12)6(4-11)2-8(9)10/h2-3H,4,11H2,1H3. The minimum absolute atomic E-state index is 0.378. The molecule has 0 aliphatic rings. The molecule has 13 heavy (non-hydrogen) atoms. The van der Waals surface area contributed by atoms with Crippen LogP contribution in [0.4, 0.5) is 0 Å². The van der Waals surface area contributed by atoms with Gasteiger partial charge in [-0.1, -0.05) is 0 Å². The van der Waals surface area contributed by atoms with Gasteiger partial charge in [0, 0.05) is 6.54 Å². The summed E-state index contributed by atoms with van der Waals surface area (Å²) in [6.07, 6.45) is 0. The normalized spacial score (nSPS) is 9.38. The number of nitrogens with two attached hydrogens (primary N) is 1. The van der Waals surface area contributed by atoms with Crippen LogP contribution in [-0.2, 0) is 6.54 Å². The maximum atomic E-state index is 8.80. The van der Waals surface area contributed by atoms with E-state index in [9.17, 15) is 0 Å². The highest BCUT2D eigenvalue weighted by atomic mass is 127.